The summed E-state index contributed by atoms with van der Waals surface area (Å²) >= 11 is 0. The largest absolute Gasteiger partial charge is 0.458 e. The molecule has 0 spiro atoms. The van der Waals surface area contributed by atoms with E-state index in [9.17, 15) is 33.9 Å². The lowest BCUT2D eigenvalue weighted by Gasteiger charge is -2.31. The predicted octanol–water partition coefficient (Wildman–Crippen LogP) is 0.185. The van der Waals surface area contributed by atoms with Crippen LogP contribution in [0.5, 0.6) is 0 Å². The van der Waals surface area contributed by atoms with Crippen molar-refractivity contribution in [2.24, 2.45) is 11.5 Å². The van der Waals surface area contributed by atoms with Crippen LogP contribution in [0.15, 0.2) is 16.9 Å². The minimum atomic E-state index is -2.05. The van der Waals surface area contributed by atoms with Crippen LogP contribution < -0.4 is 27.7 Å². The van der Waals surface area contributed by atoms with Gasteiger partial charge in [-0.15, -0.1) is 0 Å². The normalized spacial score (nSPS) is 20.3. The minimum absolute atomic E-state index is 0.0225. The highest BCUT2D eigenvalue weighted by Gasteiger charge is 2.46. The number of rotatable bonds is 9. The molecule has 0 saturated heterocycles. The molecule has 2 aliphatic heterocycles. The van der Waals surface area contributed by atoms with E-state index >= 15 is 4.39 Å². The lowest BCUT2D eigenvalue weighted by atomic mass is 9.81. The number of amides is 4. The van der Waals surface area contributed by atoms with Gasteiger partial charge in [-0.1, -0.05) is 6.92 Å². The Morgan fingerprint density at radius 3 is 2.53 bits per heavy atom. The number of nitrogens with two attached hydrogens (primary N) is 2. The molecule has 3 aromatic rings. The van der Waals surface area contributed by atoms with Gasteiger partial charge in [0.05, 0.1) is 47.5 Å². The van der Waals surface area contributed by atoms with Crippen LogP contribution in [0.1, 0.15) is 79.5 Å². The summed E-state index contributed by atoms with van der Waals surface area (Å²) in [4.78, 5) is 84.1. The first-order valence-corrected chi connectivity index (χ1v) is 16.7. The van der Waals surface area contributed by atoms with Gasteiger partial charge in [-0.25, -0.2) is 14.2 Å². The summed E-state index contributed by atoms with van der Waals surface area (Å²) in [5.41, 5.74) is 12.1. The molecule has 51 heavy (non-hydrogen) atoms. The number of hydrogen-bond acceptors (Lipinski definition) is 10. The molecule has 4 amide bonds. The number of benzene rings is 1. The average Bonchev–Trinajstić information content (AvgIpc) is 3.46. The van der Waals surface area contributed by atoms with Gasteiger partial charge in [-0.2, -0.15) is 0 Å². The van der Waals surface area contributed by atoms with E-state index in [1.54, 1.807) is 19.9 Å². The van der Waals surface area contributed by atoms with Gasteiger partial charge in [0.15, 0.2) is 5.60 Å². The summed E-state index contributed by atoms with van der Waals surface area (Å²) in [6.45, 7) is 5.88. The molecule has 1 aliphatic carbocycles. The lowest BCUT2D eigenvalue weighted by Crippen LogP contribution is -2.55. The highest BCUT2D eigenvalue weighted by atomic mass is 19.1. The molecule has 0 unspecified atom stereocenters. The van der Waals surface area contributed by atoms with Gasteiger partial charge in [-0.3, -0.25) is 24.0 Å². The molecule has 7 N–H and O–H groups in total. The van der Waals surface area contributed by atoms with Crippen molar-refractivity contribution in [2.75, 3.05) is 7.05 Å². The zero-order valence-electron chi connectivity index (χ0n) is 28.9. The van der Waals surface area contributed by atoms with E-state index in [-0.39, 0.29) is 36.2 Å². The number of halogens is 1. The number of aliphatic hydroxyl groups is 1. The molecule has 0 fully saturated rings. The van der Waals surface area contributed by atoms with E-state index in [4.69, 9.17) is 21.2 Å². The van der Waals surface area contributed by atoms with E-state index in [2.05, 4.69) is 10.6 Å². The van der Waals surface area contributed by atoms with Gasteiger partial charge in [0.25, 0.3) is 5.56 Å². The molecule has 4 heterocycles. The molecule has 0 bridgehead atoms. The number of cyclic esters (lactones) is 1. The van der Waals surface area contributed by atoms with Crippen LogP contribution in [0.4, 0.5) is 4.39 Å². The molecule has 3 aliphatic rings. The first-order chi connectivity index (χ1) is 24.0. The molecule has 2 aromatic heterocycles. The summed E-state index contributed by atoms with van der Waals surface area (Å²) < 4.78 is 21.9. The average molecular weight is 706 g/mol. The number of carbonyl (C=O) groups is 5. The van der Waals surface area contributed by atoms with E-state index in [1.807, 2.05) is 0 Å². The van der Waals surface area contributed by atoms with Crippen molar-refractivity contribution in [3.63, 3.8) is 0 Å². The Morgan fingerprint density at radius 1 is 1.18 bits per heavy atom. The molecule has 0 saturated carbocycles. The zero-order valence-corrected chi connectivity index (χ0v) is 28.9. The number of carbonyl (C=O) groups excluding carboxylic acids is 5. The molecular formula is C35H40FN7O8. The third-order valence-corrected chi connectivity index (χ3v) is 10.4. The maximum atomic E-state index is 15.3. The molecule has 0 radical (unpaired) electrons. The molecule has 270 valence electrons. The van der Waals surface area contributed by atoms with Gasteiger partial charge in [0.1, 0.15) is 24.5 Å². The van der Waals surface area contributed by atoms with Gasteiger partial charge in [-0.05, 0) is 62.8 Å². The van der Waals surface area contributed by atoms with Crippen LogP contribution in [0.3, 0.4) is 0 Å². The fraction of sp³-hybridized carbons (Fsp3) is 0.457. The van der Waals surface area contributed by atoms with E-state index in [0.29, 0.717) is 51.9 Å². The first kappa shape index (κ1) is 35.6. The minimum Gasteiger partial charge on any atom is -0.458 e. The molecule has 1 aromatic carbocycles. The number of primary amides is 1. The highest BCUT2D eigenvalue weighted by Crippen LogP contribution is 2.46. The fourth-order valence-electron chi connectivity index (χ4n) is 7.36. The predicted molar refractivity (Wildman–Crippen MR) is 180 cm³/mol. The van der Waals surface area contributed by atoms with E-state index in [1.165, 1.54) is 31.5 Å². The van der Waals surface area contributed by atoms with Crippen molar-refractivity contribution in [3.8, 4) is 11.4 Å². The van der Waals surface area contributed by atoms with Crippen molar-refractivity contribution < 1.29 is 38.2 Å². The molecular weight excluding hydrogens is 665 g/mol. The molecule has 5 atom stereocenters. The summed E-state index contributed by atoms with van der Waals surface area (Å²) in [6, 6.07) is -1.22. The summed E-state index contributed by atoms with van der Waals surface area (Å²) in [5.74, 6) is -4.15. The van der Waals surface area contributed by atoms with Crippen LogP contribution in [-0.4, -0.2) is 74.3 Å². The number of aryl methyl sites for hydroxylation is 1. The number of nitrogens with one attached hydrogen (secondary N) is 2. The van der Waals surface area contributed by atoms with Crippen LogP contribution in [0.2, 0.25) is 0 Å². The second kappa shape index (κ2) is 12.8. The molecule has 6 rings (SSSR count). The number of likely N-dealkylation sites (N-methyl/N-ethyl adjacent to an activating group) is 1. The zero-order chi connectivity index (χ0) is 37.3. The van der Waals surface area contributed by atoms with E-state index in [0.717, 1.165) is 4.90 Å². The van der Waals surface area contributed by atoms with E-state index < -0.39 is 77.2 Å². The Kier molecular flexibility index (Phi) is 8.96. The molecule has 15 nitrogen and oxygen atoms in total. The number of esters is 1. The quantitative estimate of drug-likeness (QED) is 0.148. The van der Waals surface area contributed by atoms with Crippen molar-refractivity contribution in [2.45, 2.75) is 96.3 Å². The second-order valence-corrected chi connectivity index (χ2v) is 13.6. The lowest BCUT2D eigenvalue weighted by molar-refractivity contribution is -0.172. The van der Waals surface area contributed by atoms with Crippen LogP contribution in [0, 0.1) is 12.7 Å². The van der Waals surface area contributed by atoms with Gasteiger partial charge in [0, 0.05) is 29.6 Å². The van der Waals surface area contributed by atoms with Crippen LogP contribution in [0.25, 0.3) is 22.3 Å². The summed E-state index contributed by atoms with van der Waals surface area (Å²) in [5, 5.41) is 17.4. The Balaban J connectivity index is 1.43. The SMILES string of the molecule is CC[C@@]1(O)C(=O)OCc2c1cc1n(c2=O)Cc2c-1nc1cc(F)c(C)c3c1c2[C@@H](NC(=O)[C@H](CC(N)=O)NC(=O)[C@H](C)N(C)C(=O)[C@H](C)N)CC3. The Hall–Kier alpha value is -5.22. The van der Waals surface area contributed by atoms with Crippen LogP contribution in [-0.2, 0) is 53.9 Å². The fourth-order valence-corrected chi connectivity index (χ4v) is 7.36. The third-order valence-electron chi connectivity index (χ3n) is 10.4. The number of fused-ring (bicyclic) bond motifs is 5. The van der Waals surface area contributed by atoms with Crippen molar-refractivity contribution >= 4 is 40.5 Å². The van der Waals surface area contributed by atoms with Crippen molar-refractivity contribution in [1.29, 1.82) is 0 Å². The van der Waals surface area contributed by atoms with Crippen molar-refractivity contribution in [3.05, 3.63) is 61.7 Å². The summed E-state index contributed by atoms with van der Waals surface area (Å²) in [7, 11) is 1.39. The van der Waals surface area contributed by atoms with Gasteiger partial charge in [0.2, 0.25) is 23.6 Å². The van der Waals surface area contributed by atoms with Gasteiger partial charge >= 0.3 is 5.97 Å². The Morgan fingerprint density at radius 2 is 1.88 bits per heavy atom. The maximum absolute atomic E-state index is 15.3. The smallest absolute Gasteiger partial charge is 0.343 e. The first-order valence-electron chi connectivity index (χ1n) is 16.7. The number of hydrogen-bond donors (Lipinski definition) is 5. The number of ether oxygens (including phenoxy) is 1. The number of aromatic nitrogens is 2. The van der Waals surface area contributed by atoms with Crippen molar-refractivity contribution in [1.82, 2.24) is 25.1 Å². The third kappa shape index (κ3) is 5.71. The second-order valence-electron chi connectivity index (χ2n) is 13.6. The van der Waals surface area contributed by atoms with Crippen LogP contribution >= 0.6 is 0 Å². The Bertz CT molecular complexity index is 2110. The monoisotopic (exact) mass is 705 g/mol. The number of nitrogens with zero attached hydrogens (tertiary/aromatic N) is 3. The Labute approximate surface area is 291 Å². The highest BCUT2D eigenvalue weighted by molar-refractivity contribution is 5.97. The number of pyridine rings is 2. The topological polar surface area (TPSA) is 229 Å². The molecule has 16 heteroatoms. The van der Waals surface area contributed by atoms with Gasteiger partial charge < -0.3 is 41.4 Å². The standard InChI is InChI=1S/C35H40FN7O8/c1-6-35(50)20-9-25-29-18(12-43(25)33(48)19(20)13-51-34(35)49)28-22(8-7-17-14(2)21(36)10-23(39-29)27(17)28)40-31(46)24(11-26(38)44)41-30(45)16(4)42(5)32(47)15(3)37/h9-10,15-16,22,24,50H,6-8,11-13,37H2,1-5H3,(H2,38,44)(H,40,46)(H,41,45)/t15-,16-,22-,24-,35-/m0/s1. The summed E-state index contributed by atoms with van der Waals surface area (Å²) in [6.07, 6.45) is 0.0674. The maximum Gasteiger partial charge on any atom is 0.343 e.